The van der Waals surface area contributed by atoms with E-state index in [4.69, 9.17) is 23.2 Å². The van der Waals surface area contributed by atoms with Gasteiger partial charge in [-0.1, -0.05) is 71.7 Å². The number of benzene rings is 3. The monoisotopic (exact) mass is 587 g/mol. The summed E-state index contributed by atoms with van der Waals surface area (Å²) in [5.41, 5.74) is 1.34. The van der Waals surface area contributed by atoms with Crippen molar-refractivity contribution in [1.29, 1.82) is 0 Å². The van der Waals surface area contributed by atoms with Crippen LogP contribution >= 0.6 is 23.2 Å². The zero-order valence-electron chi connectivity index (χ0n) is 21.1. The smallest absolute Gasteiger partial charge is 0.269 e. The first-order valence-corrected chi connectivity index (χ1v) is 14.5. The molecule has 0 bridgehead atoms. The van der Waals surface area contributed by atoms with Gasteiger partial charge in [-0.05, 0) is 36.8 Å². The zero-order chi connectivity index (χ0) is 28.2. The molecule has 0 saturated heterocycles. The molecule has 1 aliphatic rings. The third-order valence-corrected chi connectivity index (χ3v) is 9.00. The van der Waals surface area contributed by atoms with Crippen LogP contribution in [0.3, 0.4) is 0 Å². The molecule has 204 valence electrons. The van der Waals surface area contributed by atoms with Crippen LogP contribution in [0.5, 0.6) is 0 Å². The number of likely N-dealkylation sites (N-methyl/N-ethyl adjacent to an activating group) is 1. The largest absolute Gasteiger partial charge is 0.355 e. The molecule has 0 aromatic heterocycles. The average molecular weight is 589 g/mol. The molecule has 8 nitrogen and oxygen atoms in total. The van der Waals surface area contributed by atoms with Gasteiger partial charge in [0.2, 0.25) is 11.8 Å². The van der Waals surface area contributed by atoms with Crippen molar-refractivity contribution in [1.82, 2.24) is 14.5 Å². The van der Waals surface area contributed by atoms with Crippen LogP contribution in [0, 0.1) is 0 Å². The van der Waals surface area contributed by atoms with Crippen molar-refractivity contribution in [2.75, 3.05) is 13.1 Å². The first-order valence-electron chi connectivity index (χ1n) is 12.3. The summed E-state index contributed by atoms with van der Waals surface area (Å²) in [4.78, 5) is 41.2. The number of sulfonamides is 1. The molecule has 0 radical (unpaired) electrons. The van der Waals surface area contributed by atoms with E-state index in [1.807, 2.05) is 30.3 Å². The number of fused-ring (bicyclic) bond motifs is 1. The summed E-state index contributed by atoms with van der Waals surface area (Å²) in [6.45, 7) is 1.65. The standard InChI is InChI=1S/C28H27Cl2N3O5S/c1-2-31-27(35)24(17-19-9-4-3-5-10-19)32(18-21-22(29)12-8-13-23(21)30)26(34)15-16-33-28(36)20-11-6-7-14-25(20)39(33,37)38/h3-14,24H,2,15-18H2,1H3,(H,31,35)/t24-/m0/s1. The normalized spacial score (nSPS) is 14.5. The van der Waals surface area contributed by atoms with Gasteiger partial charge in [-0.25, -0.2) is 12.7 Å². The Bertz CT molecular complexity index is 1480. The predicted octanol–water partition coefficient (Wildman–Crippen LogP) is 4.30. The number of carbonyl (C=O) groups excluding carboxylic acids is 3. The van der Waals surface area contributed by atoms with Crippen molar-refractivity contribution in [2.45, 2.75) is 37.2 Å². The summed E-state index contributed by atoms with van der Waals surface area (Å²) in [6, 6.07) is 19.1. The summed E-state index contributed by atoms with van der Waals surface area (Å²) >= 11 is 12.8. The van der Waals surface area contributed by atoms with Crippen LogP contribution in [-0.2, 0) is 32.6 Å². The maximum Gasteiger partial charge on any atom is 0.269 e. The lowest BCUT2D eigenvalue weighted by molar-refractivity contribution is -0.141. The van der Waals surface area contributed by atoms with Gasteiger partial charge in [0.1, 0.15) is 10.9 Å². The Kier molecular flexibility index (Phi) is 8.94. The Morgan fingerprint density at radius 3 is 2.23 bits per heavy atom. The van der Waals surface area contributed by atoms with Crippen molar-refractivity contribution >= 4 is 50.9 Å². The molecular formula is C28H27Cl2N3O5S. The Balaban J connectivity index is 1.66. The maximum absolute atomic E-state index is 13.8. The highest BCUT2D eigenvalue weighted by Gasteiger charge is 2.41. The second-order valence-corrected chi connectivity index (χ2v) is 11.6. The van der Waals surface area contributed by atoms with Crippen molar-refractivity contribution in [3.8, 4) is 0 Å². The molecule has 3 amide bonds. The highest BCUT2D eigenvalue weighted by atomic mass is 35.5. The van der Waals surface area contributed by atoms with Crippen molar-refractivity contribution in [3.63, 3.8) is 0 Å². The molecule has 0 saturated carbocycles. The van der Waals surface area contributed by atoms with Crippen molar-refractivity contribution in [3.05, 3.63) is 99.5 Å². The lowest BCUT2D eigenvalue weighted by Crippen LogP contribution is -2.51. The van der Waals surface area contributed by atoms with E-state index in [0.29, 0.717) is 26.5 Å². The number of rotatable bonds is 10. The molecule has 0 aliphatic carbocycles. The molecule has 39 heavy (non-hydrogen) atoms. The fourth-order valence-electron chi connectivity index (χ4n) is 4.49. The number of nitrogens with zero attached hydrogens (tertiary/aromatic N) is 2. The molecule has 1 heterocycles. The molecule has 1 N–H and O–H groups in total. The van der Waals surface area contributed by atoms with Crippen LogP contribution in [0.4, 0.5) is 0 Å². The Hall–Kier alpha value is -3.40. The summed E-state index contributed by atoms with van der Waals surface area (Å²) in [6.07, 6.45) is -0.140. The van der Waals surface area contributed by atoms with Crippen molar-refractivity contribution < 1.29 is 22.8 Å². The van der Waals surface area contributed by atoms with Gasteiger partial charge in [-0.3, -0.25) is 14.4 Å². The van der Waals surface area contributed by atoms with Gasteiger partial charge >= 0.3 is 0 Å². The van der Waals surface area contributed by atoms with Gasteiger partial charge in [-0.2, -0.15) is 0 Å². The molecular weight excluding hydrogens is 561 g/mol. The van der Waals surface area contributed by atoms with Crippen LogP contribution in [0.15, 0.2) is 77.7 Å². The van der Waals surface area contributed by atoms with E-state index in [0.717, 1.165) is 5.56 Å². The van der Waals surface area contributed by atoms with Crippen LogP contribution in [0.25, 0.3) is 0 Å². The van der Waals surface area contributed by atoms with E-state index in [2.05, 4.69) is 5.32 Å². The summed E-state index contributed by atoms with van der Waals surface area (Å²) in [5, 5.41) is 3.43. The molecule has 3 aromatic carbocycles. The van der Waals surface area contributed by atoms with Crippen molar-refractivity contribution in [2.24, 2.45) is 0 Å². The van der Waals surface area contributed by atoms with E-state index in [9.17, 15) is 22.8 Å². The fourth-order valence-corrected chi connectivity index (χ4v) is 6.58. The molecule has 0 spiro atoms. The van der Waals surface area contributed by atoms with Gasteiger partial charge < -0.3 is 10.2 Å². The quantitative estimate of drug-likeness (QED) is 0.381. The number of hydrogen-bond acceptors (Lipinski definition) is 5. The molecule has 1 aliphatic heterocycles. The van der Waals surface area contributed by atoms with Crippen LogP contribution in [-0.4, -0.2) is 54.5 Å². The minimum atomic E-state index is -4.09. The van der Waals surface area contributed by atoms with E-state index < -0.39 is 27.9 Å². The lowest BCUT2D eigenvalue weighted by Gasteiger charge is -2.32. The van der Waals surface area contributed by atoms with E-state index in [1.54, 1.807) is 31.2 Å². The average Bonchev–Trinajstić information content (AvgIpc) is 3.11. The first kappa shape index (κ1) is 28.6. The third-order valence-electron chi connectivity index (χ3n) is 6.45. The predicted molar refractivity (Wildman–Crippen MR) is 149 cm³/mol. The maximum atomic E-state index is 13.8. The van der Waals surface area contributed by atoms with Gasteiger partial charge in [0.05, 0.1) is 5.56 Å². The van der Waals surface area contributed by atoms with Gasteiger partial charge in [-0.15, -0.1) is 0 Å². The summed E-state index contributed by atoms with van der Waals surface area (Å²) in [5.74, 6) is -1.60. The van der Waals surface area contributed by atoms with Crippen LogP contribution < -0.4 is 5.32 Å². The summed E-state index contributed by atoms with van der Waals surface area (Å²) in [7, 11) is -4.09. The van der Waals surface area contributed by atoms with Crippen LogP contribution in [0.2, 0.25) is 10.0 Å². The molecule has 1 atom stereocenters. The number of amides is 3. The minimum Gasteiger partial charge on any atom is -0.355 e. The lowest BCUT2D eigenvalue weighted by atomic mass is 10.0. The van der Waals surface area contributed by atoms with Gasteiger partial charge in [0.25, 0.3) is 15.9 Å². The number of halogens is 2. The highest BCUT2D eigenvalue weighted by molar-refractivity contribution is 7.90. The zero-order valence-corrected chi connectivity index (χ0v) is 23.5. The number of nitrogens with one attached hydrogen (secondary N) is 1. The Labute approximate surface area is 237 Å². The highest BCUT2D eigenvalue weighted by Crippen LogP contribution is 2.31. The molecule has 0 fully saturated rings. The van der Waals surface area contributed by atoms with Crippen LogP contribution in [0.1, 0.15) is 34.8 Å². The number of carbonyl (C=O) groups is 3. The summed E-state index contributed by atoms with van der Waals surface area (Å²) < 4.78 is 26.7. The Morgan fingerprint density at radius 1 is 0.949 bits per heavy atom. The fraction of sp³-hybridized carbons (Fsp3) is 0.250. The topological polar surface area (TPSA) is 104 Å². The SMILES string of the molecule is CCNC(=O)[C@H](Cc1ccccc1)N(Cc1c(Cl)cccc1Cl)C(=O)CCN1C(=O)c2ccccc2S1(=O)=O. The molecule has 0 unspecified atom stereocenters. The third kappa shape index (κ3) is 6.11. The number of hydrogen-bond donors (Lipinski definition) is 1. The minimum absolute atomic E-state index is 0.0638. The van der Waals surface area contributed by atoms with E-state index >= 15 is 0 Å². The molecule has 3 aromatic rings. The van der Waals surface area contributed by atoms with Gasteiger partial charge in [0, 0.05) is 48.1 Å². The van der Waals surface area contributed by atoms with Gasteiger partial charge in [0.15, 0.2) is 0 Å². The Morgan fingerprint density at radius 2 is 1.59 bits per heavy atom. The first-order chi connectivity index (χ1) is 18.6. The second kappa shape index (κ2) is 12.2. The second-order valence-electron chi connectivity index (χ2n) is 8.95. The molecule has 11 heteroatoms. The van der Waals surface area contributed by atoms with E-state index in [-0.39, 0.29) is 42.3 Å². The van der Waals surface area contributed by atoms with E-state index in [1.165, 1.54) is 23.1 Å². The molecule has 4 rings (SSSR count).